The highest BCUT2D eigenvalue weighted by Gasteiger charge is 2.16. The topological polar surface area (TPSA) is 73.2 Å². The average Bonchev–Trinajstić information content (AvgIpc) is 2.67. The number of rotatable bonds is 7. The summed E-state index contributed by atoms with van der Waals surface area (Å²) in [5.41, 5.74) is 2.20. The highest BCUT2D eigenvalue weighted by Crippen LogP contribution is 2.23. The van der Waals surface area contributed by atoms with E-state index in [1.807, 2.05) is 56.3 Å². The van der Waals surface area contributed by atoms with Crippen LogP contribution in [-0.2, 0) is 9.53 Å². The molecule has 3 rings (SSSR count). The molecule has 0 aliphatic carbocycles. The summed E-state index contributed by atoms with van der Waals surface area (Å²) in [6, 6.07) is 14.8. The fourth-order valence-electron chi connectivity index (χ4n) is 2.97. The molecule has 1 aromatic heterocycles. The van der Waals surface area contributed by atoms with Crippen molar-refractivity contribution in [3.63, 3.8) is 0 Å². The number of hydrogen-bond acceptors (Lipinski definition) is 5. The van der Waals surface area contributed by atoms with Crippen molar-refractivity contribution in [2.75, 3.05) is 19.5 Å². The van der Waals surface area contributed by atoms with Crippen LogP contribution in [0.5, 0.6) is 0 Å². The molecule has 146 valence electrons. The maximum Gasteiger partial charge on any atom is 0.266 e. The summed E-state index contributed by atoms with van der Waals surface area (Å²) in [5.74, 6) is 0.0262. The second kappa shape index (κ2) is 9.03. The Labute approximate surface area is 167 Å². The van der Waals surface area contributed by atoms with Gasteiger partial charge in [0, 0.05) is 13.2 Å². The van der Waals surface area contributed by atoms with Crippen LogP contribution < -0.4 is 10.9 Å². The number of ether oxygens (including phenoxy) is 1. The molecule has 3 aromatic rings. The van der Waals surface area contributed by atoms with E-state index in [-0.39, 0.29) is 23.3 Å². The molecule has 0 spiro atoms. The van der Waals surface area contributed by atoms with E-state index in [4.69, 9.17) is 4.74 Å². The van der Waals surface area contributed by atoms with E-state index in [0.29, 0.717) is 22.7 Å². The first-order chi connectivity index (χ1) is 13.5. The Balaban J connectivity index is 1.99. The lowest BCUT2D eigenvalue weighted by atomic mass is 10.2. The summed E-state index contributed by atoms with van der Waals surface area (Å²) in [6.45, 7) is 4.27. The molecule has 28 heavy (non-hydrogen) atoms. The zero-order valence-electron chi connectivity index (χ0n) is 16.1. The van der Waals surface area contributed by atoms with Crippen LogP contribution in [0.1, 0.15) is 12.5 Å². The Morgan fingerprint density at radius 1 is 1.21 bits per heavy atom. The van der Waals surface area contributed by atoms with E-state index in [9.17, 15) is 9.59 Å². The van der Waals surface area contributed by atoms with E-state index in [2.05, 4.69) is 10.3 Å². The van der Waals surface area contributed by atoms with E-state index in [1.165, 1.54) is 11.8 Å². The second-order valence-electron chi connectivity index (χ2n) is 6.55. The van der Waals surface area contributed by atoms with Crippen LogP contribution in [0.15, 0.2) is 58.5 Å². The average molecular weight is 398 g/mol. The fourth-order valence-corrected chi connectivity index (χ4v) is 3.79. The molecule has 1 atom stereocenters. The van der Waals surface area contributed by atoms with E-state index < -0.39 is 0 Å². The summed E-state index contributed by atoms with van der Waals surface area (Å²) in [5, 5.41) is 3.92. The van der Waals surface area contributed by atoms with E-state index >= 15 is 0 Å². The molecule has 1 unspecified atom stereocenters. The normalized spacial score (nSPS) is 12.1. The number of nitrogens with zero attached hydrogens (tertiary/aromatic N) is 2. The smallest absolute Gasteiger partial charge is 0.266 e. The Morgan fingerprint density at radius 3 is 2.68 bits per heavy atom. The minimum Gasteiger partial charge on any atom is -0.383 e. The van der Waals surface area contributed by atoms with Crippen LogP contribution in [0, 0.1) is 6.92 Å². The summed E-state index contributed by atoms with van der Waals surface area (Å²) in [7, 11) is 1.59. The van der Waals surface area contributed by atoms with Gasteiger partial charge in [-0.05, 0) is 37.6 Å². The monoisotopic (exact) mass is 397 g/mol. The number of fused-ring (bicyclic) bond motifs is 1. The number of carbonyl (C=O) groups is 1. The van der Waals surface area contributed by atoms with Crippen molar-refractivity contribution < 1.29 is 9.53 Å². The maximum atomic E-state index is 13.2. The van der Waals surface area contributed by atoms with Crippen molar-refractivity contribution in [2.24, 2.45) is 0 Å². The third-order valence-electron chi connectivity index (χ3n) is 4.26. The number of aromatic nitrogens is 2. The van der Waals surface area contributed by atoms with Gasteiger partial charge >= 0.3 is 0 Å². The Kier molecular flexibility index (Phi) is 6.49. The summed E-state index contributed by atoms with van der Waals surface area (Å²) >= 11 is 1.25. The molecule has 1 heterocycles. The third kappa shape index (κ3) is 4.43. The van der Waals surface area contributed by atoms with Crippen molar-refractivity contribution in [1.29, 1.82) is 0 Å². The Bertz CT molecular complexity index is 1050. The van der Waals surface area contributed by atoms with Gasteiger partial charge in [-0.3, -0.25) is 14.2 Å². The number of para-hydroxylation sites is 2. The van der Waals surface area contributed by atoms with E-state index in [1.54, 1.807) is 17.7 Å². The summed E-state index contributed by atoms with van der Waals surface area (Å²) < 4.78 is 6.63. The van der Waals surface area contributed by atoms with Gasteiger partial charge in [0.1, 0.15) is 0 Å². The summed E-state index contributed by atoms with van der Waals surface area (Å²) in [4.78, 5) is 30.1. The summed E-state index contributed by atoms with van der Waals surface area (Å²) in [6.07, 6.45) is 0. The molecule has 0 aliphatic heterocycles. The van der Waals surface area contributed by atoms with E-state index in [0.717, 1.165) is 11.3 Å². The first-order valence-electron chi connectivity index (χ1n) is 9.00. The molecule has 0 bridgehead atoms. The van der Waals surface area contributed by atoms with Crippen LogP contribution in [0.4, 0.5) is 0 Å². The largest absolute Gasteiger partial charge is 0.383 e. The number of thioether (sulfide) groups is 1. The van der Waals surface area contributed by atoms with Gasteiger partial charge < -0.3 is 10.1 Å². The van der Waals surface area contributed by atoms with Crippen LogP contribution in [-0.4, -0.2) is 41.0 Å². The van der Waals surface area contributed by atoms with Gasteiger partial charge in [-0.15, -0.1) is 0 Å². The minimum absolute atomic E-state index is 0.0822. The van der Waals surface area contributed by atoms with Gasteiger partial charge in [0.05, 0.1) is 29.0 Å². The van der Waals surface area contributed by atoms with Gasteiger partial charge in [0.25, 0.3) is 5.56 Å². The van der Waals surface area contributed by atoms with Gasteiger partial charge in [-0.2, -0.15) is 0 Å². The molecule has 1 N–H and O–H groups in total. The lowest BCUT2D eigenvalue weighted by molar-refractivity contribution is -0.119. The molecular weight excluding hydrogens is 374 g/mol. The first-order valence-corrected chi connectivity index (χ1v) is 9.98. The second-order valence-corrected chi connectivity index (χ2v) is 7.49. The van der Waals surface area contributed by atoms with Crippen LogP contribution in [0.2, 0.25) is 0 Å². The SMILES string of the molecule is COCC(C)NC(=O)CSc1nc2ccccc2c(=O)n1-c1ccccc1C. The minimum atomic E-state index is -0.143. The van der Waals surface area contributed by atoms with Gasteiger partial charge in [-0.25, -0.2) is 4.98 Å². The number of aryl methyl sites for hydroxylation is 1. The molecule has 0 saturated heterocycles. The predicted octanol–water partition coefficient (Wildman–Crippen LogP) is 2.94. The third-order valence-corrected chi connectivity index (χ3v) is 5.20. The van der Waals surface area contributed by atoms with Crippen LogP contribution in [0.3, 0.4) is 0 Å². The molecule has 2 aromatic carbocycles. The molecule has 6 nitrogen and oxygen atoms in total. The van der Waals surface area contributed by atoms with Crippen molar-refractivity contribution in [2.45, 2.75) is 25.0 Å². The van der Waals surface area contributed by atoms with Crippen molar-refractivity contribution >= 4 is 28.6 Å². The maximum absolute atomic E-state index is 13.2. The zero-order valence-corrected chi connectivity index (χ0v) is 17.0. The fraction of sp³-hybridized carbons (Fsp3) is 0.286. The molecule has 1 amide bonds. The quantitative estimate of drug-likeness (QED) is 0.490. The molecule has 0 aliphatic rings. The number of nitrogens with one attached hydrogen (secondary N) is 1. The standard InChI is InChI=1S/C21H23N3O3S/c1-14-8-4-7-11-18(14)24-20(26)16-9-5-6-10-17(16)23-21(24)28-13-19(25)22-15(2)12-27-3/h4-11,15H,12-13H2,1-3H3,(H,22,25). The predicted molar refractivity (Wildman–Crippen MR) is 112 cm³/mol. The lowest BCUT2D eigenvalue weighted by Crippen LogP contribution is -2.36. The molecule has 0 fully saturated rings. The van der Waals surface area contributed by atoms with Crippen molar-refractivity contribution in [3.8, 4) is 5.69 Å². The van der Waals surface area contributed by atoms with Crippen LogP contribution >= 0.6 is 11.8 Å². The Morgan fingerprint density at radius 2 is 1.93 bits per heavy atom. The number of hydrogen-bond donors (Lipinski definition) is 1. The molecule has 0 radical (unpaired) electrons. The molecule has 0 saturated carbocycles. The Hall–Kier alpha value is -2.64. The van der Waals surface area contributed by atoms with Gasteiger partial charge in [0.2, 0.25) is 5.91 Å². The molecular formula is C21H23N3O3S. The number of carbonyl (C=O) groups excluding carboxylic acids is 1. The van der Waals surface area contributed by atoms with Crippen molar-refractivity contribution in [3.05, 3.63) is 64.4 Å². The molecule has 7 heteroatoms. The number of amides is 1. The number of benzene rings is 2. The highest BCUT2D eigenvalue weighted by atomic mass is 32.2. The number of methoxy groups -OCH3 is 1. The van der Waals surface area contributed by atoms with Crippen LogP contribution in [0.25, 0.3) is 16.6 Å². The van der Waals surface area contributed by atoms with Crippen molar-refractivity contribution in [1.82, 2.24) is 14.9 Å². The highest BCUT2D eigenvalue weighted by molar-refractivity contribution is 7.99. The van der Waals surface area contributed by atoms with Gasteiger partial charge in [-0.1, -0.05) is 42.1 Å². The van der Waals surface area contributed by atoms with Gasteiger partial charge in [0.15, 0.2) is 5.16 Å². The first kappa shape index (κ1) is 20.1. The lowest BCUT2D eigenvalue weighted by Gasteiger charge is -2.16. The zero-order chi connectivity index (χ0) is 20.1.